The molecule has 0 spiro atoms. The van der Waals surface area contributed by atoms with Crippen molar-refractivity contribution in [3.05, 3.63) is 28.1 Å². The van der Waals surface area contributed by atoms with E-state index in [0.717, 1.165) is 25.7 Å². The van der Waals surface area contributed by atoms with Crippen LogP contribution in [0.15, 0.2) is 21.3 Å². The molecule has 0 unspecified atom stereocenters. The van der Waals surface area contributed by atoms with Crippen LogP contribution in [-0.4, -0.2) is 0 Å². The lowest BCUT2D eigenvalue weighted by Gasteiger charge is -1.99. The van der Waals surface area contributed by atoms with Gasteiger partial charge in [0, 0.05) is 18.6 Å². The summed E-state index contributed by atoms with van der Waals surface area (Å²) >= 11 is 0. The van der Waals surface area contributed by atoms with E-state index in [0.29, 0.717) is 5.76 Å². The van der Waals surface area contributed by atoms with Crippen LogP contribution in [0.2, 0.25) is 0 Å². The SMILES string of the molecule is CCCCCc1cc(=O)cc(N)o1. The van der Waals surface area contributed by atoms with Crippen LogP contribution in [-0.2, 0) is 6.42 Å². The maximum Gasteiger partial charge on any atom is 0.194 e. The molecule has 0 bridgehead atoms. The molecule has 1 rings (SSSR count). The van der Waals surface area contributed by atoms with Gasteiger partial charge in [0.1, 0.15) is 5.76 Å². The molecule has 0 atom stereocenters. The smallest absolute Gasteiger partial charge is 0.194 e. The zero-order chi connectivity index (χ0) is 9.68. The largest absolute Gasteiger partial charge is 0.446 e. The molecule has 72 valence electrons. The summed E-state index contributed by atoms with van der Waals surface area (Å²) in [7, 11) is 0. The van der Waals surface area contributed by atoms with Gasteiger partial charge >= 0.3 is 0 Å². The zero-order valence-electron chi connectivity index (χ0n) is 7.88. The van der Waals surface area contributed by atoms with E-state index in [1.165, 1.54) is 12.1 Å². The van der Waals surface area contributed by atoms with Crippen molar-refractivity contribution in [2.24, 2.45) is 0 Å². The molecule has 1 aromatic rings. The van der Waals surface area contributed by atoms with Crippen LogP contribution in [0.4, 0.5) is 5.88 Å². The summed E-state index contributed by atoms with van der Waals surface area (Å²) in [4.78, 5) is 11.0. The summed E-state index contributed by atoms with van der Waals surface area (Å²) in [6.07, 6.45) is 4.15. The number of nitrogen functional groups attached to an aromatic ring is 1. The molecule has 0 saturated carbocycles. The number of anilines is 1. The minimum absolute atomic E-state index is 0.0738. The highest BCUT2D eigenvalue weighted by Gasteiger charge is 1.98. The zero-order valence-corrected chi connectivity index (χ0v) is 7.88. The van der Waals surface area contributed by atoms with Crippen LogP contribution < -0.4 is 11.2 Å². The van der Waals surface area contributed by atoms with Crippen LogP contribution in [0, 0.1) is 0 Å². The van der Waals surface area contributed by atoms with Gasteiger partial charge in [-0.15, -0.1) is 0 Å². The molecular formula is C10H15NO2. The molecule has 0 radical (unpaired) electrons. The van der Waals surface area contributed by atoms with Crippen molar-refractivity contribution in [1.29, 1.82) is 0 Å². The van der Waals surface area contributed by atoms with Crippen LogP contribution in [0.25, 0.3) is 0 Å². The topological polar surface area (TPSA) is 56.2 Å². The molecule has 13 heavy (non-hydrogen) atoms. The molecule has 0 aliphatic rings. The van der Waals surface area contributed by atoms with E-state index >= 15 is 0 Å². The van der Waals surface area contributed by atoms with Gasteiger partial charge in [-0.25, -0.2) is 0 Å². The standard InChI is InChI=1S/C10H15NO2/c1-2-3-4-5-9-6-8(12)7-10(11)13-9/h6-7H,2-5,11H2,1H3. The van der Waals surface area contributed by atoms with Crippen molar-refractivity contribution in [1.82, 2.24) is 0 Å². The number of hydrogen-bond acceptors (Lipinski definition) is 3. The van der Waals surface area contributed by atoms with Crippen LogP contribution >= 0.6 is 0 Å². The van der Waals surface area contributed by atoms with Gasteiger partial charge < -0.3 is 10.2 Å². The van der Waals surface area contributed by atoms with Crippen molar-refractivity contribution in [2.75, 3.05) is 5.73 Å². The normalized spacial score (nSPS) is 10.2. The lowest BCUT2D eigenvalue weighted by atomic mass is 10.1. The Bertz CT molecular complexity index is 317. The summed E-state index contributed by atoms with van der Waals surface area (Å²) in [6, 6.07) is 2.80. The third kappa shape index (κ3) is 3.32. The third-order valence-electron chi connectivity index (χ3n) is 1.86. The Morgan fingerprint density at radius 3 is 2.77 bits per heavy atom. The maximum absolute atomic E-state index is 11.0. The predicted molar refractivity (Wildman–Crippen MR) is 52.6 cm³/mol. The highest BCUT2D eigenvalue weighted by Crippen LogP contribution is 2.07. The Kier molecular flexibility index (Phi) is 3.55. The van der Waals surface area contributed by atoms with Gasteiger partial charge in [0.05, 0.1) is 0 Å². The van der Waals surface area contributed by atoms with Crippen molar-refractivity contribution in [3.63, 3.8) is 0 Å². The van der Waals surface area contributed by atoms with E-state index in [2.05, 4.69) is 6.92 Å². The summed E-state index contributed by atoms with van der Waals surface area (Å²) in [6.45, 7) is 2.13. The van der Waals surface area contributed by atoms with E-state index in [-0.39, 0.29) is 11.3 Å². The second-order valence-corrected chi connectivity index (χ2v) is 3.12. The number of hydrogen-bond donors (Lipinski definition) is 1. The highest BCUT2D eigenvalue weighted by atomic mass is 16.3. The minimum atomic E-state index is -0.0738. The van der Waals surface area contributed by atoms with E-state index in [4.69, 9.17) is 10.2 Å². The molecule has 0 aliphatic carbocycles. The monoisotopic (exact) mass is 181 g/mol. The quantitative estimate of drug-likeness (QED) is 0.722. The maximum atomic E-state index is 11.0. The summed E-state index contributed by atoms with van der Waals surface area (Å²) in [5.74, 6) is 0.900. The molecule has 0 aliphatic heterocycles. The summed E-state index contributed by atoms with van der Waals surface area (Å²) < 4.78 is 5.18. The predicted octanol–water partition coefficient (Wildman–Crippen LogP) is 1.95. The van der Waals surface area contributed by atoms with Gasteiger partial charge in [-0.05, 0) is 6.42 Å². The number of unbranched alkanes of at least 4 members (excludes halogenated alkanes) is 2. The number of aryl methyl sites for hydroxylation is 1. The van der Waals surface area contributed by atoms with Crippen LogP contribution in [0.5, 0.6) is 0 Å². The van der Waals surface area contributed by atoms with Gasteiger partial charge in [-0.1, -0.05) is 19.8 Å². The third-order valence-corrected chi connectivity index (χ3v) is 1.86. The molecule has 0 amide bonds. The lowest BCUT2D eigenvalue weighted by Crippen LogP contribution is -2.02. The van der Waals surface area contributed by atoms with E-state index < -0.39 is 0 Å². The molecule has 0 aromatic carbocycles. The minimum Gasteiger partial charge on any atom is -0.446 e. The first-order valence-electron chi connectivity index (χ1n) is 4.62. The lowest BCUT2D eigenvalue weighted by molar-refractivity contribution is 0.496. The average Bonchev–Trinajstić information content (AvgIpc) is 2.03. The molecule has 3 nitrogen and oxygen atoms in total. The average molecular weight is 181 g/mol. The van der Waals surface area contributed by atoms with Gasteiger partial charge in [0.25, 0.3) is 0 Å². The molecule has 1 heterocycles. The van der Waals surface area contributed by atoms with Crippen LogP contribution in [0.1, 0.15) is 31.9 Å². The summed E-state index contributed by atoms with van der Waals surface area (Å²) in [5.41, 5.74) is 5.32. The molecule has 0 saturated heterocycles. The van der Waals surface area contributed by atoms with E-state index in [9.17, 15) is 4.79 Å². The molecule has 0 fully saturated rings. The molecular weight excluding hydrogens is 166 g/mol. The fraction of sp³-hybridized carbons (Fsp3) is 0.500. The Morgan fingerprint density at radius 2 is 2.15 bits per heavy atom. The highest BCUT2D eigenvalue weighted by molar-refractivity contribution is 5.23. The van der Waals surface area contributed by atoms with Crippen molar-refractivity contribution in [2.45, 2.75) is 32.6 Å². The molecule has 2 N–H and O–H groups in total. The van der Waals surface area contributed by atoms with E-state index in [1.54, 1.807) is 0 Å². The fourth-order valence-electron chi connectivity index (χ4n) is 1.22. The number of rotatable bonds is 4. The Labute approximate surface area is 77.6 Å². The van der Waals surface area contributed by atoms with Crippen molar-refractivity contribution in [3.8, 4) is 0 Å². The van der Waals surface area contributed by atoms with E-state index in [1.807, 2.05) is 0 Å². The Hall–Kier alpha value is -1.25. The first-order valence-corrected chi connectivity index (χ1v) is 4.62. The number of nitrogens with two attached hydrogens (primary N) is 1. The van der Waals surface area contributed by atoms with Crippen LogP contribution in [0.3, 0.4) is 0 Å². The fourth-order valence-corrected chi connectivity index (χ4v) is 1.22. The molecule has 3 heteroatoms. The van der Waals surface area contributed by atoms with Crippen molar-refractivity contribution >= 4 is 5.88 Å². The summed E-state index contributed by atoms with van der Waals surface area (Å²) in [5, 5.41) is 0. The van der Waals surface area contributed by atoms with Gasteiger partial charge in [0.15, 0.2) is 11.3 Å². The van der Waals surface area contributed by atoms with Crippen molar-refractivity contribution < 1.29 is 4.42 Å². The Morgan fingerprint density at radius 1 is 1.38 bits per heavy atom. The first-order chi connectivity index (χ1) is 6.22. The second kappa shape index (κ2) is 4.70. The Balaban J connectivity index is 2.61. The molecule has 1 aromatic heterocycles. The van der Waals surface area contributed by atoms with Gasteiger partial charge in [0.2, 0.25) is 0 Å². The second-order valence-electron chi connectivity index (χ2n) is 3.12. The van der Waals surface area contributed by atoms with Gasteiger partial charge in [-0.2, -0.15) is 0 Å². The first kappa shape index (κ1) is 9.84. The van der Waals surface area contributed by atoms with Gasteiger partial charge in [-0.3, -0.25) is 4.79 Å².